The molecule has 0 aromatic heterocycles. The van der Waals surface area contributed by atoms with Crippen LogP contribution in [0.15, 0.2) is 0 Å². The molecular weight excluding hydrogens is 174 g/mol. The molecule has 1 heterocycles. The van der Waals surface area contributed by atoms with E-state index < -0.39 is 11.5 Å². The highest BCUT2D eigenvalue weighted by Gasteiger charge is 2.38. The maximum Gasteiger partial charge on any atom is 0.250 e. The van der Waals surface area contributed by atoms with E-state index in [1.54, 1.807) is 13.8 Å². The van der Waals surface area contributed by atoms with Crippen LogP contribution in [0.4, 0.5) is 8.78 Å². The van der Waals surface area contributed by atoms with E-state index in [4.69, 9.17) is 5.26 Å². The van der Waals surface area contributed by atoms with Gasteiger partial charge in [0.2, 0.25) is 0 Å². The lowest BCUT2D eigenvalue weighted by Gasteiger charge is -2.38. The van der Waals surface area contributed by atoms with E-state index in [9.17, 15) is 8.78 Å². The third-order valence-corrected chi connectivity index (χ3v) is 2.56. The standard InChI is InChI=1S/C9H14F2N2/c1-8(2,7-12)13-5-3-9(10,11)4-6-13/h3-6H2,1-2H3. The van der Waals surface area contributed by atoms with Gasteiger partial charge in [-0.2, -0.15) is 5.26 Å². The molecule has 2 nitrogen and oxygen atoms in total. The molecule has 0 aromatic carbocycles. The highest BCUT2D eigenvalue weighted by Crippen LogP contribution is 2.30. The van der Waals surface area contributed by atoms with Crippen LogP contribution in [-0.4, -0.2) is 29.5 Å². The number of piperidine rings is 1. The second kappa shape index (κ2) is 3.22. The summed E-state index contributed by atoms with van der Waals surface area (Å²) in [6, 6.07) is 2.12. The maximum atomic E-state index is 12.8. The van der Waals surface area contributed by atoms with Crippen molar-refractivity contribution >= 4 is 0 Å². The fourth-order valence-electron chi connectivity index (χ4n) is 1.46. The second-order valence-corrected chi connectivity index (χ2v) is 4.01. The Hall–Kier alpha value is -0.690. The third-order valence-electron chi connectivity index (χ3n) is 2.56. The zero-order chi connectivity index (χ0) is 10.1. The summed E-state index contributed by atoms with van der Waals surface area (Å²) in [6.45, 7) is 4.15. The van der Waals surface area contributed by atoms with Crippen LogP contribution in [-0.2, 0) is 0 Å². The number of rotatable bonds is 1. The molecule has 0 aromatic rings. The fourth-order valence-corrected chi connectivity index (χ4v) is 1.46. The van der Waals surface area contributed by atoms with Crippen molar-refractivity contribution in [1.82, 2.24) is 4.90 Å². The van der Waals surface area contributed by atoms with Gasteiger partial charge < -0.3 is 0 Å². The van der Waals surface area contributed by atoms with Crippen LogP contribution in [0.2, 0.25) is 0 Å². The molecule has 0 saturated carbocycles. The van der Waals surface area contributed by atoms with Gasteiger partial charge >= 0.3 is 0 Å². The lowest BCUT2D eigenvalue weighted by molar-refractivity contribution is -0.0669. The van der Waals surface area contributed by atoms with Gasteiger partial charge in [-0.3, -0.25) is 4.90 Å². The first-order chi connectivity index (χ1) is 5.87. The fraction of sp³-hybridized carbons (Fsp3) is 0.889. The van der Waals surface area contributed by atoms with E-state index in [1.165, 1.54) is 0 Å². The Balaban J connectivity index is 2.56. The Bertz CT molecular complexity index is 220. The smallest absolute Gasteiger partial charge is 0.250 e. The molecule has 0 aliphatic carbocycles. The van der Waals surface area contributed by atoms with Crippen molar-refractivity contribution in [3.8, 4) is 6.07 Å². The van der Waals surface area contributed by atoms with Crippen LogP contribution in [0.3, 0.4) is 0 Å². The van der Waals surface area contributed by atoms with E-state index in [0.717, 1.165) is 0 Å². The highest BCUT2D eigenvalue weighted by molar-refractivity contribution is 5.03. The summed E-state index contributed by atoms with van der Waals surface area (Å²) < 4.78 is 25.5. The van der Waals surface area contributed by atoms with Crippen LogP contribution in [0.5, 0.6) is 0 Å². The average Bonchev–Trinajstić information content (AvgIpc) is 2.04. The molecule has 4 heteroatoms. The number of alkyl halides is 2. The van der Waals surface area contributed by atoms with E-state index >= 15 is 0 Å². The normalized spacial score (nSPS) is 23.9. The summed E-state index contributed by atoms with van der Waals surface area (Å²) in [4.78, 5) is 1.81. The van der Waals surface area contributed by atoms with E-state index in [-0.39, 0.29) is 12.8 Å². The molecule has 74 valence electrons. The Morgan fingerprint density at radius 2 is 1.77 bits per heavy atom. The van der Waals surface area contributed by atoms with E-state index in [0.29, 0.717) is 13.1 Å². The van der Waals surface area contributed by atoms with Gasteiger partial charge in [0.15, 0.2) is 0 Å². The summed E-state index contributed by atoms with van der Waals surface area (Å²) in [5, 5.41) is 8.80. The van der Waals surface area contributed by atoms with Gasteiger partial charge in [-0.1, -0.05) is 0 Å². The SMILES string of the molecule is CC(C)(C#N)N1CCC(F)(F)CC1. The van der Waals surface area contributed by atoms with Crippen molar-refractivity contribution in [2.24, 2.45) is 0 Å². The molecule has 13 heavy (non-hydrogen) atoms. The summed E-state index contributed by atoms with van der Waals surface area (Å²) in [5.41, 5.74) is -0.615. The van der Waals surface area contributed by atoms with Crippen LogP contribution < -0.4 is 0 Å². The minimum absolute atomic E-state index is 0.127. The number of nitriles is 1. The lowest BCUT2D eigenvalue weighted by atomic mass is 9.98. The molecule has 1 aliphatic rings. The van der Waals surface area contributed by atoms with Crippen molar-refractivity contribution in [1.29, 1.82) is 5.26 Å². The summed E-state index contributed by atoms with van der Waals surface area (Å²) in [7, 11) is 0. The Morgan fingerprint density at radius 1 is 1.31 bits per heavy atom. The number of halogens is 2. The minimum Gasteiger partial charge on any atom is -0.286 e. The lowest BCUT2D eigenvalue weighted by Crippen LogP contribution is -2.49. The number of nitrogens with zero attached hydrogens (tertiary/aromatic N) is 2. The van der Waals surface area contributed by atoms with Gasteiger partial charge in [-0.15, -0.1) is 0 Å². The monoisotopic (exact) mass is 188 g/mol. The molecule has 0 amide bonds. The van der Waals surface area contributed by atoms with Crippen LogP contribution in [0.1, 0.15) is 26.7 Å². The first-order valence-electron chi connectivity index (χ1n) is 4.41. The predicted octanol–water partition coefficient (Wildman–Crippen LogP) is 2.02. The van der Waals surface area contributed by atoms with Crippen LogP contribution in [0.25, 0.3) is 0 Å². The number of hydrogen-bond donors (Lipinski definition) is 0. The van der Waals surface area contributed by atoms with E-state index in [1.807, 2.05) is 4.90 Å². The van der Waals surface area contributed by atoms with Gasteiger partial charge in [0.1, 0.15) is 5.54 Å². The molecule has 0 unspecified atom stereocenters. The summed E-state index contributed by atoms with van der Waals surface area (Å²) in [5.74, 6) is -2.53. The quantitative estimate of drug-likeness (QED) is 0.629. The molecular formula is C9H14F2N2. The molecule has 0 atom stereocenters. The topological polar surface area (TPSA) is 27.0 Å². The minimum atomic E-state index is -2.53. The second-order valence-electron chi connectivity index (χ2n) is 4.01. The first-order valence-corrected chi connectivity index (χ1v) is 4.41. The Labute approximate surface area is 77.1 Å². The predicted molar refractivity (Wildman–Crippen MR) is 45.4 cm³/mol. The summed E-state index contributed by atoms with van der Waals surface area (Å²) >= 11 is 0. The molecule has 1 rings (SSSR count). The van der Waals surface area contributed by atoms with Gasteiger partial charge in [0.25, 0.3) is 5.92 Å². The number of hydrogen-bond acceptors (Lipinski definition) is 2. The molecule has 0 bridgehead atoms. The van der Waals surface area contributed by atoms with Crippen LogP contribution in [0, 0.1) is 11.3 Å². The Morgan fingerprint density at radius 3 is 2.15 bits per heavy atom. The van der Waals surface area contributed by atoms with Gasteiger partial charge in [-0.05, 0) is 13.8 Å². The first kappa shape index (κ1) is 10.4. The zero-order valence-electron chi connectivity index (χ0n) is 7.98. The largest absolute Gasteiger partial charge is 0.286 e. The molecule has 0 N–H and O–H groups in total. The maximum absolute atomic E-state index is 12.8. The molecule has 1 fully saturated rings. The van der Waals surface area contributed by atoms with Gasteiger partial charge in [0, 0.05) is 25.9 Å². The third kappa shape index (κ3) is 2.38. The van der Waals surface area contributed by atoms with Crippen molar-refractivity contribution in [3.63, 3.8) is 0 Å². The van der Waals surface area contributed by atoms with Crippen molar-refractivity contribution in [2.75, 3.05) is 13.1 Å². The average molecular weight is 188 g/mol. The molecule has 1 aliphatic heterocycles. The summed E-state index contributed by atoms with van der Waals surface area (Å²) in [6.07, 6.45) is -0.254. The number of likely N-dealkylation sites (tertiary alicyclic amines) is 1. The van der Waals surface area contributed by atoms with E-state index in [2.05, 4.69) is 6.07 Å². The molecule has 0 spiro atoms. The molecule has 1 saturated heterocycles. The van der Waals surface area contributed by atoms with Gasteiger partial charge in [-0.25, -0.2) is 8.78 Å². The zero-order valence-corrected chi connectivity index (χ0v) is 7.98. The van der Waals surface area contributed by atoms with Crippen molar-refractivity contribution in [2.45, 2.75) is 38.2 Å². The van der Waals surface area contributed by atoms with Gasteiger partial charge in [0.05, 0.1) is 6.07 Å². The van der Waals surface area contributed by atoms with Crippen molar-refractivity contribution < 1.29 is 8.78 Å². The molecule has 0 radical (unpaired) electrons. The van der Waals surface area contributed by atoms with Crippen molar-refractivity contribution in [3.05, 3.63) is 0 Å². The Kier molecular flexibility index (Phi) is 2.58. The van der Waals surface area contributed by atoms with Crippen LogP contribution >= 0.6 is 0 Å². The highest BCUT2D eigenvalue weighted by atomic mass is 19.3.